The van der Waals surface area contributed by atoms with Gasteiger partial charge in [-0.25, -0.2) is 4.39 Å². The molecule has 0 saturated heterocycles. The van der Waals surface area contributed by atoms with Crippen molar-refractivity contribution in [2.45, 2.75) is 45.1 Å². The lowest BCUT2D eigenvalue weighted by Gasteiger charge is -2.26. The highest BCUT2D eigenvalue weighted by molar-refractivity contribution is 5.95. The lowest BCUT2D eigenvalue weighted by molar-refractivity contribution is -0.118. The van der Waals surface area contributed by atoms with Gasteiger partial charge in [0.2, 0.25) is 5.91 Å². The molecule has 1 amide bonds. The van der Waals surface area contributed by atoms with Gasteiger partial charge < -0.3 is 10.2 Å². The number of nitrogens with zero attached hydrogens (tertiary/aromatic N) is 1. The molecule has 0 fully saturated rings. The summed E-state index contributed by atoms with van der Waals surface area (Å²) in [5, 5.41) is 3.50. The van der Waals surface area contributed by atoms with Gasteiger partial charge in [0.1, 0.15) is 5.82 Å². The van der Waals surface area contributed by atoms with Crippen LogP contribution in [0.2, 0.25) is 0 Å². The molecule has 4 heteroatoms. The fraction of sp³-hybridized carbons (Fsp3) is 0.409. The smallest absolute Gasteiger partial charge is 0.227 e. The van der Waals surface area contributed by atoms with Gasteiger partial charge in [-0.05, 0) is 67.1 Å². The Balaban J connectivity index is 1.34. The second kappa shape index (κ2) is 8.95. The number of halogens is 1. The molecule has 0 radical (unpaired) electrons. The lowest BCUT2D eigenvalue weighted by Crippen LogP contribution is -2.31. The van der Waals surface area contributed by atoms with Crippen LogP contribution in [0.4, 0.5) is 10.1 Å². The fourth-order valence-corrected chi connectivity index (χ4v) is 3.46. The standard InChI is InChI=1S/C22H27FN2O/c1-25-21-12-8-18(15-19(21)9-13-22(25)26)16-24-14-4-2-3-5-17-6-10-20(23)11-7-17/h6-8,10-12,15,24H,2-5,9,13-14,16H2,1H3. The van der Waals surface area contributed by atoms with E-state index in [0.717, 1.165) is 44.5 Å². The summed E-state index contributed by atoms with van der Waals surface area (Å²) in [5.74, 6) is 0.0300. The molecule has 0 aromatic heterocycles. The quantitative estimate of drug-likeness (QED) is 0.719. The van der Waals surface area contributed by atoms with Gasteiger partial charge in [-0.15, -0.1) is 0 Å². The molecular weight excluding hydrogens is 327 g/mol. The summed E-state index contributed by atoms with van der Waals surface area (Å²) in [6, 6.07) is 13.2. The molecule has 0 atom stereocenters. The highest BCUT2D eigenvalue weighted by Crippen LogP contribution is 2.27. The number of aryl methyl sites for hydroxylation is 2. The molecule has 1 N–H and O–H groups in total. The third-order valence-electron chi connectivity index (χ3n) is 5.05. The third kappa shape index (κ3) is 4.92. The van der Waals surface area contributed by atoms with Crippen LogP contribution in [-0.2, 0) is 24.2 Å². The van der Waals surface area contributed by atoms with E-state index in [-0.39, 0.29) is 11.7 Å². The number of carbonyl (C=O) groups excluding carboxylic acids is 1. The fourth-order valence-electron chi connectivity index (χ4n) is 3.46. The minimum atomic E-state index is -0.168. The number of anilines is 1. The van der Waals surface area contributed by atoms with Crippen LogP contribution in [0.15, 0.2) is 42.5 Å². The molecule has 3 nitrogen and oxygen atoms in total. The SMILES string of the molecule is CN1C(=O)CCc2cc(CNCCCCCc3ccc(F)cc3)ccc21. The van der Waals surface area contributed by atoms with Gasteiger partial charge in [0, 0.05) is 25.7 Å². The molecule has 2 aromatic carbocycles. The summed E-state index contributed by atoms with van der Waals surface area (Å²) < 4.78 is 12.9. The molecule has 138 valence electrons. The van der Waals surface area contributed by atoms with Crippen molar-refractivity contribution in [1.82, 2.24) is 5.32 Å². The summed E-state index contributed by atoms with van der Waals surface area (Å²) in [5.41, 5.74) is 4.80. The highest BCUT2D eigenvalue weighted by Gasteiger charge is 2.20. The molecule has 1 heterocycles. The van der Waals surface area contributed by atoms with Crippen LogP contribution >= 0.6 is 0 Å². The number of fused-ring (bicyclic) bond motifs is 1. The van der Waals surface area contributed by atoms with Crippen LogP contribution in [0.5, 0.6) is 0 Å². The van der Waals surface area contributed by atoms with Crippen LogP contribution in [0.25, 0.3) is 0 Å². The lowest BCUT2D eigenvalue weighted by atomic mass is 9.99. The van der Waals surface area contributed by atoms with Gasteiger partial charge in [-0.2, -0.15) is 0 Å². The maximum absolute atomic E-state index is 12.9. The molecule has 26 heavy (non-hydrogen) atoms. The van der Waals surface area contributed by atoms with Crippen molar-refractivity contribution in [3.05, 3.63) is 65.0 Å². The Morgan fingerprint density at radius 2 is 1.77 bits per heavy atom. The van der Waals surface area contributed by atoms with E-state index in [1.807, 2.05) is 19.2 Å². The van der Waals surface area contributed by atoms with Crippen LogP contribution in [0.3, 0.4) is 0 Å². The van der Waals surface area contributed by atoms with Crippen molar-refractivity contribution in [2.75, 3.05) is 18.5 Å². The van der Waals surface area contributed by atoms with Gasteiger partial charge in [0.05, 0.1) is 0 Å². The molecule has 3 rings (SSSR count). The summed E-state index contributed by atoms with van der Waals surface area (Å²) in [6.45, 7) is 1.86. The summed E-state index contributed by atoms with van der Waals surface area (Å²) in [7, 11) is 1.85. The average molecular weight is 354 g/mol. The zero-order valence-corrected chi connectivity index (χ0v) is 15.4. The maximum atomic E-state index is 12.9. The van der Waals surface area contributed by atoms with E-state index in [0.29, 0.717) is 6.42 Å². The Labute approximate surface area is 155 Å². The first-order valence-electron chi connectivity index (χ1n) is 9.47. The van der Waals surface area contributed by atoms with Crippen molar-refractivity contribution in [1.29, 1.82) is 0 Å². The predicted molar refractivity (Wildman–Crippen MR) is 104 cm³/mol. The van der Waals surface area contributed by atoms with E-state index in [2.05, 4.69) is 23.5 Å². The molecule has 1 aliphatic rings. The van der Waals surface area contributed by atoms with Crippen LogP contribution < -0.4 is 10.2 Å². The van der Waals surface area contributed by atoms with Crippen LogP contribution in [-0.4, -0.2) is 19.5 Å². The number of carbonyl (C=O) groups is 1. The summed E-state index contributed by atoms with van der Waals surface area (Å²) in [6.07, 6.45) is 5.90. The highest BCUT2D eigenvalue weighted by atomic mass is 19.1. The van der Waals surface area contributed by atoms with E-state index in [9.17, 15) is 9.18 Å². The van der Waals surface area contributed by atoms with Crippen molar-refractivity contribution in [2.24, 2.45) is 0 Å². The van der Waals surface area contributed by atoms with E-state index in [1.165, 1.54) is 35.2 Å². The molecule has 0 spiro atoms. The van der Waals surface area contributed by atoms with E-state index >= 15 is 0 Å². The zero-order valence-electron chi connectivity index (χ0n) is 15.4. The van der Waals surface area contributed by atoms with Crippen molar-refractivity contribution in [3.63, 3.8) is 0 Å². The van der Waals surface area contributed by atoms with Crippen molar-refractivity contribution in [3.8, 4) is 0 Å². The number of rotatable bonds is 8. The second-order valence-electron chi connectivity index (χ2n) is 7.03. The zero-order chi connectivity index (χ0) is 18.4. The van der Waals surface area contributed by atoms with Crippen molar-refractivity contribution >= 4 is 11.6 Å². The number of unbranched alkanes of at least 4 members (excludes halogenated alkanes) is 2. The predicted octanol–water partition coefficient (Wildman–Crippen LogP) is 4.24. The molecule has 1 aliphatic heterocycles. The first kappa shape index (κ1) is 18.6. The monoisotopic (exact) mass is 354 g/mol. The average Bonchev–Trinajstić information content (AvgIpc) is 2.65. The molecule has 0 saturated carbocycles. The Hall–Kier alpha value is -2.20. The van der Waals surface area contributed by atoms with E-state index < -0.39 is 0 Å². The van der Waals surface area contributed by atoms with Gasteiger partial charge in [-0.1, -0.05) is 30.7 Å². The number of amides is 1. The molecule has 0 unspecified atom stereocenters. The third-order valence-corrected chi connectivity index (χ3v) is 5.05. The van der Waals surface area contributed by atoms with Crippen LogP contribution in [0, 0.1) is 5.82 Å². The van der Waals surface area contributed by atoms with E-state index in [4.69, 9.17) is 0 Å². The first-order chi connectivity index (χ1) is 12.6. The second-order valence-corrected chi connectivity index (χ2v) is 7.03. The minimum absolute atomic E-state index is 0.168. The molecular formula is C22H27FN2O. The van der Waals surface area contributed by atoms with Gasteiger partial charge >= 0.3 is 0 Å². The number of nitrogens with one attached hydrogen (secondary N) is 1. The maximum Gasteiger partial charge on any atom is 0.227 e. The molecule has 0 bridgehead atoms. The summed E-state index contributed by atoms with van der Waals surface area (Å²) in [4.78, 5) is 13.5. The van der Waals surface area contributed by atoms with Crippen molar-refractivity contribution < 1.29 is 9.18 Å². The molecule has 0 aliphatic carbocycles. The summed E-state index contributed by atoms with van der Waals surface area (Å²) >= 11 is 0. The van der Waals surface area contributed by atoms with E-state index in [1.54, 1.807) is 4.90 Å². The molecule has 2 aromatic rings. The Morgan fingerprint density at radius 3 is 2.58 bits per heavy atom. The number of hydrogen-bond acceptors (Lipinski definition) is 2. The minimum Gasteiger partial charge on any atom is -0.315 e. The van der Waals surface area contributed by atoms with Gasteiger partial charge in [0.25, 0.3) is 0 Å². The largest absolute Gasteiger partial charge is 0.315 e. The van der Waals surface area contributed by atoms with Gasteiger partial charge in [0.15, 0.2) is 0 Å². The number of hydrogen-bond donors (Lipinski definition) is 1. The Bertz CT molecular complexity index is 742. The topological polar surface area (TPSA) is 32.3 Å². The van der Waals surface area contributed by atoms with Crippen LogP contribution in [0.1, 0.15) is 42.4 Å². The first-order valence-corrected chi connectivity index (χ1v) is 9.47. The normalized spacial score (nSPS) is 13.8. The van der Waals surface area contributed by atoms with Gasteiger partial charge in [-0.3, -0.25) is 4.79 Å². The Morgan fingerprint density at radius 1 is 1.00 bits per heavy atom. The Kier molecular flexibility index (Phi) is 6.40. The number of benzene rings is 2.